The van der Waals surface area contributed by atoms with Crippen LogP contribution in [-0.2, 0) is 15.1 Å². The molecule has 32 heavy (non-hydrogen) atoms. The van der Waals surface area contributed by atoms with E-state index in [0.717, 1.165) is 34.2 Å². The fourth-order valence-electron chi connectivity index (χ4n) is 4.89. The number of ether oxygens (including phenoxy) is 2. The lowest BCUT2D eigenvalue weighted by Gasteiger charge is -2.56. The second kappa shape index (κ2) is 7.80. The summed E-state index contributed by atoms with van der Waals surface area (Å²) in [4.78, 5) is 22.2. The van der Waals surface area contributed by atoms with Crippen LogP contribution in [0.4, 0.5) is 17.1 Å². The van der Waals surface area contributed by atoms with Crippen LogP contribution in [-0.4, -0.2) is 39.1 Å². The molecule has 2 aliphatic heterocycles. The highest BCUT2D eigenvalue weighted by atomic mass is 16.5. The highest BCUT2D eigenvalue weighted by Crippen LogP contribution is 2.53. The summed E-state index contributed by atoms with van der Waals surface area (Å²) in [6.45, 7) is 0. The first kappa shape index (κ1) is 20.3. The standard InChI is InChI=1S/C26H25N3O3/c1-28(21-15-9-10-16-22(21)31-2)23-17-26(18-11-5-4-6-12-18)24(32-3)25(30)29(26)20-14-8-7-13-19(20)27-23/h4-16,24H,17H2,1-3H3. The number of carbonyl (C=O) groups excluding carboxylic acids is 1. The van der Waals surface area contributed by atoms with Gasteiger partial charge in [-0.25, -0.2) is 4.99 Å². The highest BCUT2D eigenvalue weighted by molar-refractivity contribution is 6.14. The molecule has 2 unspecified atom stereocenters. The van der Waals surface area contributed by atoms with Crippen molar-refractivity contribution in [1.82, 2.24) is 0 Å². The fraction of sp³-hybridized carbons (Fsp3) is 0.231. The summed E-state index contributed by atoms with van der Waals surface area (Å²) in [5, 5.41) is 0. The molecule has 1 amide bonds. The van der Waals surface area contributed by atoms with Crippen LogP contribution >= 0.6 is 0 Å². The molecule has 6 heteroatoms. The van der Waals surface area contributed by atoms with Crippen LogP contribution in [0.3, 0.4) is 0 Å². The molecule has 0 aliphatic carbocycles. The zero-order valence-corrected chi connectivity index (χ0v) is 18.4. The molecule has 1 fully saturated rings. The van der Waals surface area contributed by atoms with E-state index >= 15 is 0 Å². The SMILES string of the molecule is COc1ccccc1N(C)C1=Nc2ccccc2N2C(=O)C(OC)C2(c2ccccc2)C1. The van der Waals surface area contributed by atoms with Crippen LogP contribution in [0.2, 0.25) is 0 Å². The molecule has 6 nitrogen and oxygen atoms in total. The number of methoxy groups -OCH3 is 2. The van der Waals surface area contributed by atoms with Gasteiger partial charge in [0.2, 0.25) is 0 Å². The minimum Gasteiger partial charge on any atom is -0.495 e. The van der Waals surface area contributed by atoms with Crippen LogP contribution in [0.5, 0.6) is 5.75 Å². The summed E-state index contributed by atoms with van der Waals surface area (Å²) in [7, 11) is 5.24. The van der Waals surface area contributed by atoms with Crippen molar-refractivity contribution in [3.8, 4) is 5.75 Å². The molecular formula is C26H25N3O3. The van der Waals surface area contributed by atoms with E-state index in [1.807, 2.05) is 83.6 Å². The third-order valence-electron chi connectivity index (χ3n) is 6.42. The molecule has 2 heterocycles. The van der Waals surface area contributed by atoms with Crippen molar-refractivity contribution in [3.05, 3.63) is 84.4 Å². The summed E-state index contributed by atoms with van der Waals surface area (Å²) in [6, 6.07) is 25.7. The first-order valence-electron chi connectivity index (χ1n) is 10.6. The number of fused-ring (bicyclic) bond motifs is 3. The molecule has 0 spiro atoms. The van der Waals surface area contributed by atoms with E-state index in [1.165, 1.54) is 0 Å². The van der Waals surface area contributed by atoms with Crippen molar-refractivity contribution < 1.29 is 14.3 Å². The first-order chi connectivity index (χ1) is 15.6. The molecule has 0 bridgehead atoms. The smallest absolute Gasteiger partial charge is 0.259 e. The van der Waals surface area contributed by atoms with Gasteiger partial charge in [-0.1, -0.05) is 54.6 Å². The van der Waals surface area contributed by atoms with Crippen LogP contribution in [0, 0.1) is 0 Å². The Morgan fingerprint density at radius 3 is 2.41 bits per heavy atom. The second-order valence-electron chi connectivity index (χ2n) is 8.00. The van der Waals surface area contributed by atoms with Crippen molar-refractivity contribution in [1.29, 1.82) is 0 Å². The molecule has 2 aliphatic rings. The van der Waals surface area contributed by atoms with Crippen molar-refractivity contribution in [2.24, 2.45) is 4.99 Å². The molecule has 1 saturated heterocycles. The van der Waals surface area contributed by atoms with Crippen molar-refractivity contribution >= 4 is 28.8 Å². The summed E-state index contributed by atoms with van der Waals surface area (Å²) in [5.74, 6) is 1.52. The molecule has 162 valence electrons. The molecule has 0 aromatic heterocycles. The summed E-state index contributed by atoms with van der Waals surface area (Å²) in [5.41, 5.74) is 2.77. The largest absolute Gasteiger partial charge is 0.495 e. The number of anilines is 2. The number of aliphatic imine (C=N–C) groups is 1. The quantitative estimate of drug-likeness (QED) is 0.575. The first-order valence-corrected chi connectivity index (χ1v) is 10.6. The molecule has 0 radical (unpaired) electrons. The fourth-order valence-corrected chi connectivity index (χ4v) is 4.89. The normalized spacial score (nSPS) is 21.6. The summed E-state index contributed by atoms with van der Waals surface area (Å²) in [6.07, 6.45) is -0.114. The van der Waals surface area contributed by atoms with Gasteiger partial charge in [0.1, 0.15) is 17.1 Å². The van der Waals surface area contributed by atoms with Gasteiger partial charge in [0.15, 0.2) is 6.10 Å². The molecule has 2 atom stereocenters. The maximum absolute atomic E-state index is 13.3. The Hall–Kier alpha value is -3.64. The predicted molar refractivity (Wildman–Crippen MR) is 126 cm³/mol. The average Bonchev–Trinajstić information content (AvgIpc) is 2.97. The molecule has 3 aromatic rings. The number of benzene rings is 3. The van der Waals surface area contributed by atoms with Gasteiger partial charge in [-0.2, -0.15) is 0 Å². The third-order valence-corrected chi connectivity index (χ3v) is 6.42. The Morgan fingerprint density at radius 1 is 0.969 bits per heavy atom. The van der Waals surface area contributed by atoms with Gasteiger partial charge in [-0.05, 0) is 29.8 Å². The third kappa shape index (κ3) is 2.83. The van der Waals surface area contributed by atoms with E-state index in [-0.39, 0.29) is 5.91 Å². The number of rotatable bonds is 4. The van der Waals surface area contributed by atoms with E-state index < -0.39 is 11.6 Å². The van der Waals surface area contributed by atoms with Gasteiger partial charge in [0.05, 0.1) is 24.2 Å². The van der Waals surface area contributed by atoms with Crippen molar-refractivity contribution in [3.63, 3.8) is 0 Å². The minimum absolute atomic E-state index is 0.0554. The van der Waals surface area contributed by atoms with Crippen LogP contribution in [0.1, 0.15) is 12.0 Å². The number of β-lactam (4-membered cyclic amide) rings is 1. The number of amides is 1. The number of amidine groups is 1. The predicted octanol–water partition coefficient (Wildman–Crippen LogP) is 4.52. The monoisotopic (exact) mass is 427 g/mol. The Morgan fingerprint density at radius 2 is 1.66 bits per heavy atom. The van der Waals surface area contributed by atoms with Gasteiger partial charge in [0.25, 0.3) is 5.91 Å². The maximum Gasteiger partial charge on any atom is 0.259 e. The molecule has 5 rings (SSSR count). The van der Waals surface area contributed by atoms with E-state index in [1.54, 1.807) is 14.2 Å². The number of para-hydroxylation sites is 4. The molecule has 3 aromatic carbocycles. The van der Waals surface area contributed by atoms with Gasteiger partial charge in [-0.3, -0.25) is 9.69 Å². The molecule has 0 N–H and O–H groups in total. The Labute approximate surface area is 187 Å². The minimum atomic E-state index is -0.700. The van der Waals surface area contributed by atoms with Gasteiger partial charge >= 0.3 is 0 Å². The topological polar surface area (TPSA) is 54.4 Å². The number of hydrogen-bond donors (Lipinski definition) is 0. The van der Waals surface area contributed by atoms with E-state index in [4.69, 9.17) is 14.5 Å². The van der Waals surface area contributed by atoms with Crippen molar-refractivity contribution in [2.75, 3.05) is 31.1 Å². The number of nitrogens with zero attached hydrogens (tertiary/aromatic N) is 3. The lowest BCUT2D eigenvalue weighted by atomic mass is 9.71. The Kier molecular flexibility index (Phi) is 4.94. The van der Waals surface area contributed by atoms with Crippen LogP contribution in [0.15, 0.2) is 83.9 Å². The lowest BCUT2D eigenvalue weighted by Crippen LogP contribution is -2.74. The van der Waals surface area contributed by atoms with E-state index in [2.05, 4.69) is 12.1 Å². The number of carbonyl (C=O) groups is 1. The zero-order valence-electron chi connectivity index (χ0n) is 18.4. The number of hydrogen-bond acceptors (Lipinski definition) is 5. The summed E-state index contributed by atoms with van der Waals surface area (Å²) < 4.78 is 11.4. The van der Waals surface area contributed by atoms with Gasteiger partial charge < -0.3 is 14.4 Å². The zero-order chi connectivity index (χ0) is 22.3. The summed E-state index contributed by atoms with van der Waals surface area (Å²) >= 11 is 0. The second-order valence-corrected chi connectivity index (χ2v) is 8.00. The Bertz CT molecular complexity index is 1190. The maximum atomic E-state index is 13.3. The van der Waals surface area contributed by atoms with Crippen molar-refractivity contribution in [2.45, 2.75) is 18.1 Å². The van der Waals surface area contributed by atoms with Gasteiger partial charge in [0, 0.05) is 20.6 Å². The van der Waals surface area contributed by atoms with E-state index in [9.17, 15) is 4.79 Å². The Balaban J connectivity index is 1.72. The highest BCUT2D eigenvalue weighted by Gasteiger charge is 2.64. The van der Waals surface area contributed by atoms with Crippen LogP contribution in [0.25, 0.3) is 0 Å². The lowest BCUT2D eigenvalue weighted by molar-refractivity contribution is -0.147. The van der Waals surface area contributed by atoms with Crippen LogP contribution < -0.4 is 14.5 Å². The molecule has 0 saturated carbocycles. The molecular weight excluding hydrogens is 402 g/mol. The van der Waals surface area contributed by atoms with E-state index in [0.29, 0.717) is 6.42 Å². The van der Waals surface area contributed by atoms with Gasteiger partial charge in [-0.15, -0.1) is 0 Å². The average molecular weight is 428 g/mol.